The molecule has 1 saturated carbocycles. The number of amidine groups is 1. The third kappa shape index (κ3) is 2.54. The van der Waals surface area contributed by atoms with Gasteiger partial charge < -0.3 is 21.0 Å². The highest BCUT2D eigenvalue weighted by Gasteiger charge is 2.50. The normalized spacial score (nSPS) is 20.4. The second-order valence-electron chi connectivity index (χ2n) is 5.60. The SMILES string of the molecule is COc1cccc(/C(N)=N/O)c1NC(=O)C1CC1(C)C. The summed E-state index contributed by atoms with van der Waals surface area (Å²) in [5.74, 6) is 0.300. The molecule has 0 spiro atoms. The van der Waals surface area contributed by atoms with Gasteiger partial charge in [-0.2, -0.15) is 0 Å². The largest absolute Gasteiger partial charge is 0.495 e. The van der Waals surface area contributed by atoms with Gasteiger partial charge in [-0.25, -0.2) is 0 Å². The number of anilines is 1. The lowest BCUT2D eigenvalue weighted by atomic mass is 10.1. The van der Waals surface area contributed by atoms with E-state index in [1.165, 1.54) is 7.11 Å². The second kappa shape index (κ2) is 5.03. The number of benzene rings is 1. The van der Waals surface area contributed by atoms with E-state index >= 15 is 0 Å². The molecule has 0 bridgehead atoms. The number of carbonyl (C=O) groups is 1. The number of hydrogen-bond donors (Lipinski definition) is 3. The number of amides is 1. The smallest absolute Gasteiger partial charge is 0.228 e. The number of oxime groups is 1. The number of carbonyl (C=O) groups excluding carboxylic acids is 1. The minimum Gasteiger partial charge on any atom is -0.495 e. The van der Waals surface area contributed by atoms with Crippen LogP contribution in [-0.2, 0) is 4.79 Å². The van der Waals surface area contributed by atoms with Gasteiger partial charge in [0.1, 0.15) is 5.75 Å². The van der Waals surface area contributed by atoms with Crippen molar-refractivity contribution in [3.8, 4) is 5.75 Å². The van der Waals surface area contributed by atoms with Crippen LogP contribution in [0.5, 0.6) is 5.75 Å². The van der Waals surface area contributed by atoms with Crippen LogP contribution in [0, 0.1) is 11.3 Å². The minimum atomic E-state index is -0.0773. The maximum Gasteiger partial charge on any atom is 0.228 e. The Morgan fingerprint density at radius 2 is 2.20 bits per heavy atom. The van der Waals surface area contributed by atoms with Crippen molar-refractivity contribution in [3.05, 3.63) is 23.8 Å². The molecule has 1 amide bonds. The highest BCUT2D eigenvalue weighted by Crippen LogP contribution is 2.52. The van der Waals surface area contributed by atoms with Gasteiger partial charge in [-0.3, -0.25) is 4.79 Å². The lowest BCUT2D eigenvalue weighted by molar-refractivity contribution is -0.118. The Morgan fingerprint density at radius 1 is 1.55 bits per heavy atom. The van der Waals surface area contributed by atoms with Crippen LogP contribution in [0.1, 0.15) is 25.8 Å². The van der Waals surface area contributed by atoms with Gasteiger partial charge in [0.15, 0.2) is 5.84 Å². The Hall–Kier alpha value is -2.24. The average Bonchev–Trinajstić information content (AvgIpc) is 3.07. The van der Waals surface area contributed by atoms with Crippen LogP contribution in [0.2, 0.25) is 0 Å². The van der Waals surface area contributed by atoms with Crippen molar-refractivity contribution in [2.75, 3.05) is 12.4 Å². The van der Waals surface area contributed by atoms with Crippen molar-refractivity contribution in [1.82, 2.24) is 0 Å². The number of rotatable bonds is 4. The molecule has 108 valence electrons. The van der Waals surface area contributed by atoms with E-state index in [1.54, 1.807) is 18.2 Å². The number of ether oxygens (including phenoxy) is 1. The van der Waals surface area contributed by atoms with Gasteiger partial charge in [0.2, 0.25) is 5.91 Å². The van der Waals surface area contributed by atoms with Gasteiger partial charge in [0.05, 0.1) is 12.8 Å². The molecule has 1 fully saturated rings. The van der Waals surface area contributed by atoms with Crippen LogP contribution < -0.4 is 15.8 Å². The molecule has 4 N–H and O–H groups in total. The van der Waals surface area contributed by atoms with Crippen molar-refractivity contribution in [1.29, 1.82) is 0 Å². The van der Waals surface area contributed by atoms with E-state index in [0.717, 1.165) is 6.42 Å². The third-order valence-corrected chi connectivity index (χ3v) is 3.71. The molecular formula is C14H19N3O3. The zero-order chi connectivity index (χ0) is 14.9. The molecule has 0 heterocycles. The first-order valence-electron chi connectivity index (χ1n) is 6.36. The number of nitrogens with two attached hydrogens (primary N) is 1. The predicted octanol–water partition coefficient (Wildman–Crippen LogP) is 1.77. The quantitative estimate of drug-likeness (QED) is 0.338. The third-order valence-electron chi connectivity index (χ3n) is 3.71. The molecule has 2 rings (SSSR count). The van der Waals surface area contributed by atoms with E-state index in [2.05, 4.69) is 10.5 Å². The molecule has 1 aromatic carbocycles. The van der Waals surface area contributed by atoms with Gasteiger partial charge in [0.25, 0.3) is 0 Å². The van der Waals surface area contributed by atoms with E-state index in [1.807, 2.05) is 13.8 Å². The molecule has 6 nitrogen and oxygen atoms in total. The van der Waals surface area contributed by atoms with E-state index < -0.39 is 0 Å². The maximum atomic E-state index is 12.2. The lowest BCUT2D eigenvalue weighted by Gasteiger charge is -2.14. The Kier molecular flexibility index (Phi) is 3.57. The standard InChI is InChI=1S/C14H19N3O3/c1-14(2)7-9(14)13(18)16-11-8(12(15)17-19)5-4-6-10(11)20-3/h4-6,9,19H,7H2,1-3H3,(H2,15,17)(H,16,18). The fourth-order valence-corrected chi connectivity index (χ4v) is 2.22. The molecule has 1 aromatic rings. The number of methoxy groups -OCH3 is 1. The second-order valence-corrected chi connectivity index (χ2v) is 5.60. The number of nitrogens with zero attached hydrogens (tertiary/aromatic N) is 1. The first kappa shape index (κ1) is 14.2. The molecule has 1 aliphatic rings. The molecule has 1 aliphatic carbocycles. The maximum absolute atomic E-state index is 12.2. The fourth-order valence-electron chi connectivity index (χ4n) is 2.22. The number of para-hydroxylation sites is 1. The molecule has 0 aromatic heterocycles. The van der Waals surface area contributed by atoms with Crippen LogP contribution >= 0.6 is 0 Å². The van der Waals surface area contributed by atoms with Crippen LogP contribution in [0.15, 0.2) is 23.4 Å². The fraction of sp³-hybridized carbons (Fsp3) is 0.429. The zero-order valence-corrected chi connectivity index (χ0v) is 11.8. The van der Waals surface area contributed by atoms with Crippen LogP contribution in [0.25, 0.3) is 0 Å². The van der Waals surface area contributed by atoms with E-state index in [4.69, 9.17) is 15.7 Å². The van der Waals surface area contributed by atoms with Gasteiger partial charge >= 0.3 is 0 Å². The summed E-state index contributed by atoms with van der Waals surface area (Å²) < 4.78 is 5.23. The van der Waals surface area contributed by atoms with Crippen LogP contribution in [0.4, 0.5) is 5.69 Å². The molecule has 6 heteroatoms. The minimum absolute atomic E-state index is 0.0208. The van der Waals surface area contributed by atoms with Crippen molar-refractivity contribution in [3.63, 3.8) is 0 Å². The average molecular weight is 277 g/mol. The first-order chi connectivity index (χ1) is 9.40. The van der Waals surface area contributed by atoms with Gasteiger partial charge in [-0.1, -0.05) is 25.1 Å². The first-order valence-corrected chi connectivity index (χ1v) is 6.36. The summed E-state index contributed by atoms with van der Waals surface area (Å²) in [7, 11) is 1.50. The van der Waals surface area contributed by atoms with Gasteiger partial charge in [0, 0.05) is 11.5 Å². The highest BCUT2D eigenvalue weighted by molar-refractivity contribution is 6.07. The van der Waals surface area contributed by atoms with Crippen molar-refractivity contribution in [2.45, 2.75) is 20.3 Å². The van der Waals surface area contributed by atoms with Crippen molar-refractivity contribution >= 4 is 17.4 Å². The number of hydrogen-bond acceptors (Lipinski definition) is 4. The lowest BCUT2D eigenvalue weighted by Crippen LogP contribution is -2.21. The summed E-state index contributed by atoms with van der Waals surface area (Å²) in [5.41, 5.74) is 6.52. The van der Waals surface area contributed by atoms with E-state index in [9.17, 15) is 4.79 Å². The van der Waals surface area contributed by atoms with Crippen molar-refractivity contribution in [2.24, 2.45) is 22.2 Å². The summed E-state index contributed by atoms with van der Waals surface area (Å²) in [6, 6.07) is 5.08. The van der Waals surface area contributed by atoms with Gasteiger partial charge in [-0.05, 0) is 24.0 Å². The molecule has 20 heavy (non-hydrogen) atoms. The molecule has 1 atom stereocenters. The monoisotopic (exact) mass is 277 g/mol. The summed E-state index contributed by atoms with van der Waals surface area (Å²) >= 11 is 0. The summed E-state index contributed by atoms with van der Waals surface area (Å²) in [5, 5.41) is 14.6. The zero-order valence-electron chi connectivity index (χ0n) is 11.8. The van der Waals surface area contributed by atoms with Gasteiger partial charge in [-0.15, -0.1) is 0 Å². The molecule has 0 aliphatic heterocycles. The van der Waals surface area contributed by atoms with Crippen molar-refractivity contribution < 1.29 is 14.7 Å². The molecule has 0 radical (unpaired) electrons. The summed E-state index contributed by atoms with van der Waals surface area (Å²) in [6.07, 6.45) is 0.854. The Bertz CT molecular complexity index is 567. The topological polar surface area (TPSA) is 96.9 Å². The predicted molar refractivity (Wildman–Crippen MR) is 76.0 cm³/mol. The van der Waals surface area contributed by atoms with E-state index in [0.29, 0.717) is 17.0 Å². The highest BCUT2D eigenvalue weighted by atomic mass is 16.5. The Labute approximate surface area is 117 Å². The molecule has 0 saturated heterocycles. The molecular weight excluding hydrogens is 258 g/mol. The Morgan fingerprint density at radius 3 is 2.70 bits per heavy atom. The summed E-state index contributed by atoms with van der Waals surface area (Å²) in [6.45, 7) is 4.09. The van der Waals surface area contributed by atoms with Crippen LogP contribution in [0.3, 0.4) is 0 Å². The summed E-state index contributed by atoms with van der Waals surface area (Å²) in [4.78, 5) is 12.2. The van der Waals surface area contributed by atoms with Crippen LogP contribution in [-0.4, -0.2) is 24.1 Å². The van der Waals surface area contributed by atoms with E-state index in [-0.39, 0.29) is 23.1 Å². The Balaban J connectivity index is 2.32. The number of nitrogens with one attached hydrogen (secondary N) is 1. The molecule has 1 unspecified atom stereocenters.